The third-order valence-electron chi connectivity index (χ3n) is 5.25. The van der Waals surface area contributed by atoms with Gasteiger partial charge in [-0.25, -0.2) is 0 Å². The number of halogens is 1. The summed E-state index contributed by atoms with van der Waals surface area (Å²) >= 11 is 6.15. The van der Waals surface area contributed by atoms with Crippen molar-refractivity contribution in [3.63, 3.8) is 0 Å². The summed E-state index contributed by atoms with van der Waals surface area (Å²) in [7, 11) is 1.65. The minimum Gasteiger partial charge on any atom is -0.493 e. The van der Waals surface area contributed by atoms with E-state index in [9.17, 15) is 4.79 Å². The van der Waals surface area contributed by atoms with E-state index in [1.54, 1.807) is 13.2 Å². The lowest BCUT2D eigenvalue weighted by Gasteiger charge is -2.20. The lowest BCUT2D eigenvalue weighted by Crippen LogP contribution is -2.17. The van der Waals surface area contributed by atoms with E-state index in [1.165, 1.54) is 12.8 Å². The van der Waals surface area contributed by atoms with E-state index in [-0.39, 0.29) is 17.9 Å². The van der Waals surface area contributed by atoms with E-state index in [0.717, 1.165) is 41.2 Å². The van der Waals surface area contributed by atoms with Crippen LogP contribution in [0.2, 0.25) is 5.02 Å². The molecule has 1 saturated carbocycles. The molecular weight excluding hydrogens is 350 g/mol. The first-order chi connectivity index (χ1) is 12.7. The molecule has 1 atom stereocenters. The molecule has 2 aromatic carbocycles. The van der Waals surface area contributed by atoms with Gasteiger partial charge in [0.05, 0.1) is 19.1 Å². The standard InChI is InChI=1S/C21H22ClNO3/c1-25-19-8-4-5-13(20(19)26-15-6-2-3-7-15)11-17-16-12-14(22)9-10-18(16)23-21(17)24/h4-5,8-10,12,15,17H,2-3,6-7,11H2,1H3,(H,23,24)/t17-/m0/s1. The van der Waals surface area contributed by atoms with Gasteiger partial charge >= 0.3 is 0 Å². The van der Waals surface area contributed by atoms with Crippen molar-refractivity contribution in [1.29, 1.82) is 0 Å². The van der Waals surface area contributed by atoms with Gasteiger partial charge in [-0.15, -0.1) is 0 Å². The molecule has 0 radical (unpaired) electrons. The van der Waals surface area contributed by atoms with E-state index < -0.39 is 0 Å². The van der Waals surface area contributed by atoms with Crippen molar-refractivity contribution in [3.05, 3.63) is 52.5 Å². The van der Waals surface area contributed by atoms with Gasteiger partial charge in [-0.1, -0.05) is 23.7 Å². The Morgan fingerprint density at radius 3 is 2.77 bits per heavy atom. The van der Waals surface area contributed by atoms with Gasteiger partial charge in [-0.05, 0) is 67.5 Å². The van der Waals surface area contributed by atoms with Crippen LogP contribution in [0.25, 0.3) is 0 Å². The summed E-state index contributed by atoms with van der Waals surface area (Å²) in [5.41, 5.74) is 2.77. The van der Waals surface area contributed by atoms with Crippen LogP contribution in [0.4, 0.5) is 5.69 Å². The molecule has 1 fully saturated rings. The molecule has 2 aromatic rings. The van der Waals surface area contributed by atoms with Gasteiger partial charge in [0.25, 0.3) is 0 Å². The largest absolute Gasteiger partial charge is 0.493 e. The normalized spacial score (nSPS) is 19.3. The summed E-state index contributed by atoms with van der Waals surface area (Å²) in [6.45, 7) is 0. The first kappa shape index (κ1) is 17.2. The van der Waals surface area contributed by atoms with Crippen LogP contribution in [0.15, 0.2) is 36.4 Å². The zero-order valence-corrected chi connectivity index (χ0v) is 15.5. The van der Waals surface area contributed by atoms with Gasteiger partial charge in [0, 0.05) is 10.7 Å². The second kappa shape index (κ2) is 7.20. The Morgan fingerprint density at radius 1 is 1.19 bits per heavy atom. The number of para-hydroxylation sites is 1. The summed E-state index contributed by atoms with van der Waals surface area (Å²) in [5.74, 6) is 1.21. The fraction of sp³-hybridized carbons (Fsp3) is 0.381. The predicted octanol–water partition coefficient (Wildman–Crippen LogP) is 4.95. The maximum atomic E-state index is 12.5. The lowest BCUT2D eigenvalue weighted by atomic mass is 9.92. The topological polar surface area (TPSA) is 47.6 Å². The average Bonchev–Trinajstić information content (AvgIpc) is 3.25. The van der Waals surface area contributed by atoms with Gasteiger partial charge < -0.3 is 14.8 Å². The van der Waals surface area contributed by atoms with Crippen molar-refractivity contribution >= 4 is 23.2 Å². The highest BCUT2D eigenvalue weighted by Gasteiger charge is 2.32. The van der Waals surface area contributed by atoms with E-state index in [0.29, 0.717) is 11.4 Å². The molecule has 0 bridgehead atoms. The summed E-state index contributed by atoms with van der Waals surface area (Å²) in [4.78, 5) is 12.5. The van der Waals surface area contributed by atoms with Crippen molar-refractivity contribution in [2.24, 2.45) is 0 Å². The van der Waals surface area contributed by atoms with Gasteiger partial charge in [0.15, 0.2) is 11.5 Å². The fourth-order valence-electron chi connectivity index (χ4n) is 3.91. The van der Waals surface area contributed by atoms with Crippen LogP contribution >= 0.6 is 11.6 Å². The van der Waals surface area contributed by atoms with Crippen LogP contribution in [0.3, 0.4) is 0 Å². The molecule has 2 aliphatic rings. The summed E-state index contributed by atoms with van der Waals surface area (Å²) in [6.07, 6.45) is 5.32. The van der Waals surface area contributed by atoms with Crippen LogP contribution in [-0.4, -0.2) is 19.1 Å². The number of hydrogen-bond acceptors (Lipinski definition) is 3. The summed E-state index contributed by atoms with van der Waals surface area (Å²) in [6, 6.07) is 11.4. The van der Waals surface area contributed by atoms with Crippen molar-refractivity contribution in [1.82, 2.24) is 0 Å². The van der Waals surface area contributed by atoms with Gasteiger partial charge in [-0.2, -0.15) is 0 Å². The molecule has 1 heterocycles. The molecule has 26 heavy (non-hydrogen) atoms. The van der Waals surface area contributed by atoms with Crippen LogP contribution in [0, 0.1) is 0 Å². The Kier molecular flexibility index (Phi) is 4.77. The number of amides is 1. The summed E-state index contributed by atoms with van der Waals surface area (Å²) in [5, 5.41) is 3.58. The molecule has 0 spiro atoms. The molecule has 5 heteroatoms. The molecule has 1 aliphatic carbocycles. The van der Waals surface area contributed by atoms with E-state index in [2.05, 4.69) is 5.32 Å². The van der Waals surface area contributed by atoms with Crippen molar-refractivity contribution in [2.45, 2.75) is 44.1 Å². The highest BCUT2D eigenvalue weighted by atomic mass is 35.5. The SMILES string of the molecule is COc1cccc(C[C@@H]2C(=O)Nc3ccc(Cl)cc32)c1OC1CCCC1. The maximum Gasteiger partial charge on any atom is 0.232 e. The third-order valence-corrected chi connectivity index (χ3v) is 5.49. The Labute approximate surface area is 158 Å². The minimum absolute atomic E-state index is 0.00287. The first-order valence-corrected chi connectivity index (χ1v) is 9.46. The van der Waals surface area contributed by atoms with Gasteiger partial charge in [0.1, 0.15) is 0 Å². The molecular formula is C21H22ClNO3. The Morgan fingerprint density at radius 2 is 2.00 bits per heavy atom. The number of rotatable bonds is 5. The smallest absolute Gasteiger partial charge is 0.232 e. The quantitative estimate of drug-likeness (QED) is 0.809. The van der Waals surface area contributed by atoms with E-state index >= 15 is 0 Å². The van der Waals surface area contributed by atoms with Crippen LogP contribution in [0.1, 0.15) is 42.7 Å². The van der Waals surface area contributed by atoms with Crippen LogP contribution in [-0.2, 0) is 11.2 Å². The number of carbonyl (C=O) groups excluding carboxylic acids is 1. The van der Waals surface area contributed by atoms with Crippen molar-refractivity contribution in [3.8, 4) is 11.5 Å². The lowest BCUT2D eigenvalue weighted by molar-refractivity contribution is -0.117. The third kappa shape index (κ3) is 3.26. The molecule has 136 valence electrons. The number of hydrogen-bond donors (Lipinski definition) is 1. The van der Waals surface area contributed by atoms with Crippen LogP contribution in [0.5, 0.6) is 11.5 Å². The first-order valence-electron chi connectivity index (χ1n) is 9.08. The molecule has 4 rings (SSSR count). The number of carbonyl (C=O) groups is 1. The highest BCUT2D eigenvalue weighted by molar-refractivity contribution is 6.31. The number of nitrogens with one attached hydrogen (secondary N) is 1. The van der Waals surface area contributed by atoms with E-state index in [1.807, 2.05) is 30.3 Å². The zero-order chi connectivity index (χ0) is 18.1. The van der Waals surface area contributed by atoms with Gasteiger partial charge in [0.2, 0.25) is 5.91 Å². The number of fused-ring (bicyclic) bond motifs is 1. The Hall–Kier alpha value is -2.20. The van der Waals surface area contributed by atoms with Gasteiger partial charge in [-0.3, -0.25) is 4.79 Å². The Balaban J connectivity index is 1.66. The number of anilines is 1. The second-order valence-corrected chi connectivity index (χ2v) is 7.39. The number of benzene rings is 2. The molecule has 1 aliphatic heterocycles. The monoisotopic (exact) mass is 371 g/mol. The van der Waals surface area contributed by atoms with Crippen LogP contribution < -0.4 is 14.8 Å². The Bertz CT molecular complexity index is 830. The minimum atomic E-state index is -0.276. The fourth-order valence-corrected chi connectivity index (χ4v) is 4.09. The maximum absolute atomic E-state index is 12.5. The molecule has 0 aromatic heterocycles. The average molecular weight is 372 g/mol. The van der Waals surface area contributed by atoms with E-state index in [4.69, 9.17) is 21.1 Å². The molecule has 1 amide bonds. The molecule has 0 saturated heterocycles. The highest BCUT2D eigenvalue weighted by Crippen LogP contribution is 2.41. The molecule has 0 unspecified atom stereocenters. The molecule has 4 nitrogen and oxygen atoms in total. The molecule has 1 N–H and O–H groups in total. The predicted molar refractivity (Wildman–Crippen MR) is 102 cm³/mol. The summed E-state index contributed by atoms with van der Waals surface area (Å²) < 4.78 is 11.8. The van der Waals surface area contributed by atoms with Crippen molar-refractivity contribution in [2.75, 3.05) is 12.4 Å². The number of methoxy groups -OCH3 is 1. The van der Waals surface area contributed by atoms with Crippen molar-refractivity contribution < 1.29 is 14.3 Å². The number of ether oxygens (including phenoxy) is 2. The zero-order valence-electron chi connectivity index (χ0n) is 14.8. The second-order valence-electron chi connectivity index (χ2n) is 6.95.